The van der Waals surface area contributed by atoms with Crippen molar-refractivity contribution in [3.63, 3.8) is 0 Å². The maximum atomic E-state index is 13.0. The van der Waals surface area contributed by atoms with E-state index in [1.165, 1.54) is 0 Å². The van der Waals surface area contributed by atoms with Crippen LogP contribution in [0.3, 0.4) is 0 Å². The molecule has 0 saturated carbocycles. The van der Waals surface area contributed by atoms with E-state index in [0.29, 0.717) is 36.7 Å². The number of nitrogens with one attached hydrogen (secondary N) is 1. The Balaban J connectivity index is 1.91. The number of carbonyl (C=O) groups is 2. The molecule has 0 aliphatic carbocycles. The third kappa shape index (κ3) is 6.59. The van der Waals surface area contributed by atoms with Crippen LogP contribution in [0.25, 0.3) is 0 Å². The number of halogens is 1. The Morgan fingerprint density at radius 1 is 1.18 bits per heavy atom. The van der Waals surface area contributed by atoms with Gasteiger partial charge in [0.1, 0.15) is 23.5 Å². The van der Waals surface area contributed by atoms with Crippen LogP contribution in [-0.4, -0.2) is 47.7 Å². The average Bonchev–Trinajstić information content (AvgIpc) is 2.60. The molecular weight excluding hydrogens is 380 g/mol. The average molecular weight is 411 g/mol. The minimum Gasteiger partial charge on any atom is -0.489 e. The Kier molecular flexibility index (Phi) is 7.58. The standard InChI is InChI=1S/C21H31ClN2O4/c1-14(2)18(23-20(26)28-21(3,4)5)19(25)24-12-10-15(11-13-24)27-17-9-7-6-8-16(17)22/h6-9,14-15,18H,10-13H2,1-5H3,(H,23,26)/t18-/m0/s1. The van der Waals surface area contributed by atoms with Crippen molar-refractivity contribution in [3.05, 3.63) is 29.3 Å². The van der Waals surface area contributed by atoms with Gasteiger partial charge in [0.15, 0.2) is 0 Å². The lowest BCUT2D eigenvalue weighted by atomic mass is 10.0. The van der Waals surface area contributed by atoms with Gasteiger partial charge in [-0.05, 0) is 38.8 Å². The molecule has 1 saturated heterocycles. The summed E-state index contributed by atoms with van der Waals surface area (Å²) in [7, 11) is 0. The van der Waals surface area contributed by atoms with E-state index in [1.807, 2.05) is 32.0 Å². The van der Waals surface area contributed by atoms with Crippen LogP contribution < -0.4 is 10.1 Å². The van der Waals surface area contributed by atoms with Gasteiger partial charge in [0.2, 0.25) is 5.91 Å². The largest absolute Gasteiger partial charge is 0.489 e. The summed E-state index contributed by atoms with van der Waals surface area (Å²) in [5.41, 5.74) is -0.608. The van der Waals surface area contributed by atoms with Gasteiger partial charge >= 0.3 is 6.09 Å². The van der Waals surface area contributed by atoms with Crippen molar-refractivity contribution < 1.29 is 19.1 Å². The molecule has 1 atom stereocenters. The summed E-state index contributed by atoms with van der Waals surface area (Å²) < 4.78 is 11.3. The van der Waals surface area contributed by atoms with E-state index in [-0.39, 0.29) is 17.9 Å². The number of amides is 2. The number of para-hydroxylation sites is 1. The number of hydrogen-bond acceptors (Lipinski definition) is 4. The highest BCUT2D eigenvalue weighted by Crippen LogP contribution is 2.27. The molecule has 2 rings (SSSR count). The monoisotopic (exact) mass is 410 g/mol. The van der Waals surface area contributed by atoms with Crippen molar-refractivity contribution in [1.82, 2.24) is 10.2 Å². The molecule has 28 heavy (non-hydrogen) atoms. The maximum Gasteiger partial charge on any atom is 0.408 e. The molecule has 0 radical (unpaired) electrons. The molecule has 156 valence electrons. The SMILES string of the molecule is CC(C)[C@H](NC(=O)OC(C)(C)C)C(=O)N1CCC(Oc2ccccc2Cl)CC1. The molecule has 6 nitrogen and oxygen atoms in total. The van der Waals surface area contributed by atoms with Gasteiger partial charge in [0, 0.05) is 25.9 Å². The highest BCUT2D eigenvalue weighted by atomic mass is 35.5. The second-order valence-electron chi connectivity index (χ2n) is 8.44. The number of likely N-dealkylation sites (tertiary alicyclic amines) is 1. The van der Waals surface area contributed by atoms with Gasteiger partial charge < -0.3 is 19.7 Å². The Morgan fingerprint density at radius 2 is 1.79 bits per heavy atom. The van der Waals surface area contributed by atoms with E-state index in [9.17, 15) is 9.59 Å². The molecule has 1 aliphatic rings. The normalized spacial score (nSPS) is 16.6. The van der Waals surface area contributed by atoms with Crippen LogP contribution in [0.1, 0.15) is 47.5 Å². The maximum absolute atomic E-state index is 13.0. The number of benzene rings is 1. The van der Waals surface area contributed by atoms with Crippen LogP contribution >= 0.6 is 11.6 Å². The summed E-state index contributed by atoms with van der Waals surface area (Å²) in [6.45, 7) is 10.4. The van der Waals surface area contributed by atoms with Crippen molar-refractivity contribution in [2.75, 3.05) is 13.1 Å². The van der Waals surface area contributed by atoms with Crippen LogP contribution in [0, 0.1) is 5.92 Å². The van der Waals surface area contributed by atoms with Crippen LogP contribution in [0.2, 0.25) is 5.02 Å². The molecule has 1 N–H and O–H groups in total. The van der Waals surface area contributed by atoms with E-state index in [1.54, 1.807) is 31.7 Å². The van der Waals surface area contributed by atoms with E-state index in [0.717, 1.165) is 0 Å². The van der Waals surface area contributed by atoms with E-state index >= 15 is 0 Å². The lowest BCUT2D eigenvalue weighted by molar-refractivity contribution is -0.136. The Bertz CT molecular complexity index is 679. The Morgan fingerprint density at radius 3 is 2.32 bits per heavy atom. The lowest BCUT2D eigenvalue weighted by Crippen LogP contribution is -2.54. The molecular formula is C21H31ClN2O4. The molecule has 0 bridgehead atoms. The lowest BCUT2D eigenvalue weighted by Gasteiger charge is -2.35. The third-order valence-corrected chi connectivity index (χ3v) is 4.80. The molecule has 1 aromatic rings. The van der Waals surface area contributed by atoms with Gasteiger partial charge in [-0.2, -0.15) is 0 Å². The minimum atomic E-state index is -0.615. The number of piperidine rings is 1. The zero-order valence-corrected chi connectivity index (χ0v) is 18.1. The fraction of sp³-hybridized carbons (Fsp3) is 0.619. The number of hydrogen-bond donors (Lipinski definition) is 1. The first-order chi connectivity index (χ1) is 13.1. The minimum absolute atomic E-state index is 0.0141. The molecule has 1 fully saturated rings. The third-order valence-electron chi connectivity index (χ3n) is 4.49. The summed E-state index contributed by atoms with van der Waals surface area (Å²) in [5.74, 6) is 0.537. The van der Waals surface area contributed by atoms with Crippen molar-refractivity contribution >= 4 is 23.6 Å². The smallest absolute Gasteiger partial charge is 0.408 e. The molecule has 1 aromatic carbocycles. The number of alkyl carbamates (subject to hydrolysis) is 1. The fourth-order valence-corrected chi connectivity index (χ4v) is 3.24. The number of carbonyl (C=O) groups excluding carboxylic acids is 2. The molecule has 0 aromatic heterocycles. The first-order valence-corrected chi connectivity index (χ1v) is 10.1. The van der Waals surface area contributed by atoms with Gasteiger partial charge in [-0.1, -0.05) is 37.6 Å². The van der Waals surface area contributed by atoms with Crippen molar-refractivity contribution in [2.24, 2.45) is 5.92 Å². The van der Waals surface area contributed by atoms with Gasteiger partial charge in [0.05, 0.1) is 5.02 Å². The van der Waals surface area contributed by atoms with Crippen LogP contribution in [0.4, 0.5) is 4.79 Å². The molecule has 1 aliphatic heterocycles. The summed E-state index contributed by atoms with van der Waals surface area (Å²) in [5, 5.41) is 3.31. The highest BCUT2D eigenvalue weighted by Gasteiger charge is 2.33. The summed E-state index contributed by atoms with van der Waals surface area (Å²) >= 11 is 6.15. The predicted molar refractivity (Wildman–Crippen MR) is 110 cm³/mol. The Hall–Kier alpha value is -1.95. The topological polar surface area (TPSA) is 67.9 Å². The zero-order valence-electron chi connectivity index (χ0n) is 17.3. The number of nitrogens with zero attached hydrogens (tertiary/aromatic N) is 1. The van der Waals surface area contributed by atoms with Gasteiger partial charge in [-0.3, -0.25) is 4.79 Å². The second kappa shape index (κ2) is 9.50. The highest BCUT2D eigenvalue weighted by molar-refractivity contribution is 6.32. The fourth-order valence-electron chi connectivity index (χ4n) is 3.06. The molecule has 2 amide bonds. The van der Waals surface area contributed by atoms with Crippen molar-refractivity contribution in [1.29, 1.82) is 0 Å². The summed E-state index contributed by atoms with van der Waals surface area (Å²) in [6, 6.07) is 6.77. The van der Waals surface area contributed by atoms with E-state index in [4.69, 9.17) is 21.1 Å². The Labute approximate surface area is 172 Å². The van der Waals surface area contributed by atoms with Crippen LogP contribution in [0.5, 0.6) is 5.75 Å². The quantitative estimate of drug-likeness (QED) is 0.787. The summed E-state index contributed by atoms with van der Waals surface area (Å²) in [4.78, 5) is 26.9. The predicted octanol–water partition coefficient (Wildman–Crippen LogP) is 4.26. The van der Waals surface area contributed by atoms with Crippen LogP contribution in [-0.2, 0) is 9.53 Å². The zero-order chi connectivity index (χ0) is 20.9. The number of rotatable bonds is 5. The van der Waals surface area contributed by atoms with Gasteiger partial charge in [0.25, 0.3) is 0 Å². The van der Waals surface area contributed by atoms with Crippen molar-refractivity contribution in [3.8, 4) is 5.75 Å². The summed E-state index contributed by atoms with van der Waals surface area (Å²) in [6.07, 6.45) is 0.874. The van der Waals surface area contributed by atoms with Crippen molar-refractivity contribution in [2.45, 2.75) is 65.2 Å². The molecule has 0 spiro atoms. The van der Waals surface area contributed by atoms with Crippen LogP contribution in [0.15, 0.2) is 24.3 Å². The first-order valence-electron chi connectivity index (χ1n) is 9.76. The molecule has 1 heterocycles. The van der Waals surface area contributed by atoms with Gasteiger partial charge in [-0.15, -0.1) is 0 Å². The second-order valence-corrected chi connectivity index (χ2v) is 8.85. The van der Waals surface area contributed by atoms with Gasteiger partial charge in [-0.25, -0.2) is 4.79 Å². The molecule has 0 unspecified atom stereocenters. The van der Waals surface area contributed by atoms with E-state index < -0.39 is 17.7 Å². The first kappa shape index (κ1) is 22.3. The number of ether oxygens (including phenoxy) is 2. The molecule has 7 heteroatoms. The van der Waals surface area contributed by atoms with E-state index in [2.05, 4.69) is 5.32 Å².